The van der Waals surface area contributed by atoms with Crippen molar-refractivity contribution < 1.29 is 4.79 Å². The minimum absolute atomic E-state index is 0.0305. The predicted octanol–water partition coefficient (Wildman–Crippen LogP) is 2.24. The number of fused-ring (bicyclic) bond motifs is 1. The third kappa shape index (κ3) is 4.24. The molecule has 0 radical (unpaired) electrons. The van der Waals surface area contributed by atoms with Crippen molar-refractivity contribution in [3.05, 3.63) is 56.6 Å². The number of hydrogen-bond donors (Lipinski definition) is 0. The number of aryl methyl sites for hydroxylation is 1. The fourth-order valence-electron chi connectivity index (χ4n) is 4.13. The molecule has 1 amide bonds. The van der Waals surface area contributed by atoms with Gasteiger partial charge in [-0.3, -0.25) is 14.2 Å². The van der Waals surface area contributed by atoms with E-state index in [2.05, 4.69) is 16.0 Å². The van der Waals surface area contributed by atoms with Crippen LogP contribution in [0.15, 0.2) is 40.6 Å². The van der Waals surface area contributed by atoms with Gasteiger partial charge in [-0.2, -0.15) is 5.26 Å². The molecule has 1 aliphatic heterocycles. The Balaban J connectivity index is 1.65. The Bertz CT molecular complexity index is 1200. The van der Waals surface area contributed by atoms with E-state index in [4.69, 9.17) is 0 Å². The zero-order chi connectivity index (χ0) is 22.7. The van der Waals surface area contributed by atoms with Crippen LogP contribution in [0.25, 0.3) is 11.0 Å². The van der Waals surface area contributed by atoms with Crippen molar-refractivity contribution in [1.82, 2.24) is 19.4 Å². The fraction of sp³-hybridized carbons (Fsp3) is 0.391. The summed E-state index contributed by atoms with van der Waals surface area (Å²) in [5, 5.41) is 12.6. The van der Waals surface area contributed by atoms with Crippen LogP contribution in [0.1, 0.15) is 21.7 Å². The summed E-state index contributed by atoms with van der Waals surface area (Å²) in [6.45, 7) is 3.53. The molecule has 0 unspecified atom stereocenters. The van der Waals surface area contributed by atoms with Gasteiger partial charge >= 0.3 is 0 Å². The molecule has 0 aliphatic carbocycles. The number of carbonyl (C=O) groups excluding carboxylic acids is 1. The molecule has 32 heavy (non-hydrogen) atoms. The van der Waals surface area contributed by atoms with Gasteiger partial charge in [0.1, 0.15) is 17.3 Å². The minimum atomic E-state index is -0.301. The number of aromatic nitrogens is 2. The van der Waals surface area contributed by atoms with Gasteiger partial charge in [-0.1, -0.05) is 6.07 Å². The van der Waals surface area contributed by atoms with Gasteiger partial charge < -0.3 is 14.7 Å². The number of anilines is 1. The second-order valence-electron chi connectivity index (χ2n) is 8.08. The van der Waals surface area contributed by atoms with Crippen LogP contribution in [0.2, 0.25) is 0 Å². The van der Waals surface area contributed by atoms with Gasteiger partial charge in [-0.25, -0.2) is 4.98 Å². The van der Waals surface area contributed by atoms with E-state index in [1.807, 2.05) is 53.5 Å². The van der Waals surface area contributed by atoms with Crippen molar-refractivity contribution in [3.63, 3.8) is 0 Å². The molecule has 1 fully saturated rings. The van der Waals surface area contributed by atoms with Crippen LogP contribution < -0.4 is 10.5 Å². The highest BCUT2D eigenvalue weighted by Crippen LogP contribution is 2.29. The molecule has 4 heterocycles. The molecule has 8 nitrogen and oxygen atoms in total. The zero-order valence-corrected chi connectivity index (χ0v) is 19.1. The highest BCUT2D eigenvalue weighted by molar-refractivity contribution is 7.12. The zero-order valence-electron chi connectivity index (χ0n) is 18.3. The van der Waals surface area contributed by atoms with Gasteiger partial charge in [-0.05, 0) is 50.6 Å². The topological polar surface area (TPSA) is 85.5 Å². The van der Waals surface area contributed by atoms with Gasteiger partial charge in [0.25, 0.3) is 11.5 Å². The summed E-state index contributed by atoms with van der Waals surface area (Å²) in [4.78, 5) is 37.1. The molecule has 0 spiro atoms. The summed E-state index contributed by atoms with van der Waals surface area (Å²) in [7, 11) is 3.98. The lowest BCUT2D eigenvalue weighted by Gasteiger charge is -2.36. The molecular weight excluding hydrogens is 424 g/mol. The average molecular weight is 451 g/mol. The smallest absolute Gasteiger partial charge is 0.272 e. The van der Waals surface area contributed by atoms with E-state index in [1.54, 1.807) is 10.8 Å². The molecule has 9 heteroatoms. The lowest BCUT2D eigenvalue weighted by molar-refractivity contribution is 0.0751. The molecular formula is C23H26N6O2S. The quantitative estimate of drug-likeness (QED) is 0.573. The lowest BCUT2D eigenvalue weighted by atomic mass is 10.1. The van der Waals surface area contributed by atoms with E-state index >= 15 is 0 Å². The second-order valence-corrected chi connectivity index (χ2v) is 9.03. The number of nitriles is 1. The van der Waals surface area contributed by atoms with E-state index in [9.17, 15) is 14.9 Å². The highest BCUT2D eigenvalue weighted by Gasteiger charge is 2.27. The molecule has 4 rings (SSSR count). The van der Waals surface area contributed by atoms with Crippen molar-refractivity contribution in [2.45, 2.75) is 13.0 Å². The standard InChI is InChI=1S/C23H26N6O2S/c1-26(2)9-5-10-29-21-17(6-3-8-25-21)20(18(16-24)22(29)30)27-11-13-28(14-12-27)23(31)19-7-4-15-32-19/h3-4,6-8,15H,5,9-14H2,1-2H3. The highest BCUT2D eigenvalue weighted by atomic mass is 32.1. The van der Waals surface area contributed by atoms with Crippen LogP contribution in [0, 0.1) is 11.3 Å². The Kier molecular flexibility index (Phi) is 6.53. The summed E-state index contributed by atoms with van der Waals surface area (Å²) < 4.78 is 1.62. The molecule has 1 aliphatic rings. The van der Waals surface area contributed by atoms with Crippen LogP contribution in [-0.2, 0) is 6.54 Å². The summed E-state index contributed by atoms with van der Waals surface area (Å²) in [6, 6.07) is 9.62. The number of carbonyl (C=O) groups is 1. The van der Waals surface area contributed by atoms with E-state index in [-0.39, 0.29) is 17.0 Å². The van der Waals surface area contributed by atoms with Crippen LogP contribution in [-0.4, -0.2) is 72.1 Å². The largest absolute Gasteiger partial charge is 0.366 e. The number of hydrogen-bond acceptors (Lipinski definition) is 7. The minimum Gasteiger partial charge on any atom is -0.366 e. The molecule has 3 aromatic rings. The first-order valence-corrected chi connectivity index (χ1v) is 11.5. The SMILES string of the molecule is CN(C)CCCn1c(=O)c(C#N)c(N2CCN(C(=O)c3cccs3)CC2)c2cccnc21. The van der Waals surface area contributed by atoms with Crippen LogP contribution in [0.4, 0.5) is 5.69 Å². The van der Waals surface area contributed by atoms with Crippen LogP contribution in [0.3, 0.4) is 0 Å². The summed E-state index contributed by atoms with van der Waals surface area (Å²) >= 11 is 1.44. The van der Waals surface area contributed by atoms with Crippen molar-refractivity contribution in [2.24, 2.45) is 0 Å². The molecule has 0 aromatic carbocycles. The monoisotopic (exact) mass is 450 g/mol. The summed E-state index contributed by atoms with van der Waals surface area (Å²) in [5.41, 5.74) is 1.08. The van der Waals surface area contributed by atoms with Crippen molar-refractivity contribution in [3.8, 4) is 6.07 Å². The van der Waals surface area contributed by atoms with E-state index in [0.717, 1.165) is 23.2 Å². The molecule has 0 N–H and O–H groups in total. The number of piperazine rings is 1. The number of amides is 1. The molecule has 0 saturated carbocycles. The maximum atomic E-state index is 13.3. The van der Waals surface area contributed by atoms with Crippen molar-refractivity contribution in [2.75, 3.05) is 51.7 Å². The predicted molar refractivity (Wildman–Crippen MR) is 126 cm³/mol. The number of rotatable bonds is 6. The molecule has 0 bridgehead atoms. The summed E-state index contributed by atoms with van der Waals surface area (Å²) in [6.07, 6.45) is 2.46. The maximum Gasteiger partial charge on any atom is 0.272 e. The van der Waals surface area contributed by atoms with Crippen molar-refractivity contribution >= 4 is 34.0 Å². The fourth-order valence-corrected chi connectivity index (χ4v) is 4.83. The second kappa shape index (κ2) is 9.51. The Morgan fingerprint density at radius 3 is 2.66 bits per heavy atom. The Morgan fingerprint density at radius 2 is 2.00 bits per heavy atom. The third-order valence-electron chi connectivity index (χ3n) is 5.71. The number of thiophene rings is 1. The third-order valence-corrected chi connectivity index (χ3v) is 6.57. The maximum absolute atomic E-state index is 13.3. The molecule has 166 valence electrons. The van der Waals surface area contributed by atoms with Gasteiger partial charge in [0.15, 0.2) is 0 Å². The normalized spacial score (nSPS) is 14.2. The Labute approximate surface area is 190 Å². The van der Waals surface area contributed by atoms with Gasteiger partial charge in [0.05, 0.1) is 10.6 Å². The van der Waals surface area contributed by atoms with Gasteiger partial charge in [-0.15, -0.1) is 11.3 Å². The molecule has 3 aromatic heterocycles. The average Bonchev–Trinajstić information content (AvgIpc) is 3.34. The van der Waals surface area contributed by atoms with Gasteiger partial charge in [0.2, 0.25) is 0 Å². The van der Waals surface area contributed by atoms with Crippen LogP contribution >= 0.6 is 11.3 Å². The number of pyridine rings is 2. The lowest BCUT2D eigenvalue weighted by Crippen LogP contribution is -2.49. The first-order valence-electron chi connectivity index (χ1n) is 10.7. The summed E-state index contributed by atoms with van der Waals surface area (Å²) in [5.74, 6) is 0.0305. The van der Waals surface area contributed by atoms with E-state index in [1.165, 1.54) is 11.3 Å². The Morgan fingerprint density at radius 1 is 1.22 bits per heavy atom. The van der Waals surface area contributed by atoms with E-state index in [0.29, 0.717) is 44.1 Å². The molecule has 1 saturated heterocycles. The first-order chi connectivity index (χ1) is 15.5. The first kappa shape index (κ1) is 22.0. The molecule has 0 atom stereocenters. The van der Waals surface area contributed by atoms with Crippen molar-refractivity contribution in [1.29, 1.82) is 5.26 Å². The van der Waals surface area contributed by atoms with Crippen LogP contribution in [0.5, 0.6) is 0 Å². The Hall–Kier alpha value is -3.22. The van der Waals surface area contributed by atoms with E-state index < -0.39 is 0 Å². The van der Waals surface area contributed by atoms with Gasteiger partial charge in [0, 0.05) is 44.3 Å². The number of nitrogens with zero attached hydrogens (tertiary/aromatic N) is 6.